The van der Waals surface area contributed by atoms with E-state index in [1.807, 2.05) is 13.8 Å². The highest BCUT2D eigenvalue weighted by atomic mass is 16.6. The molecule has 0 atom stereocenters. The summed E-state index contributed by atoms with van der Waals surface area (Å²) in [5.74, 6) is -1.40. The Morgan fingerprint density at radius 2 is 2.06 bits per heavy atom. The van der Waals surface area contributed by atoms with E-state index in [0.717, 1.165) is 0 Å². The van der Waals surface area contributed by atoms with Crippen LogP contribution in [0.25, 0.3) is 0 Å². The molecule has 6 nitrogen and oxygen atoms in total. The number of hydrogen-bond donors (Lipinski definition) is 1. The molecule has 0 fully saturated rings. The largest absolute Gasteiger partial charge is 0.483 e. The van der Waals surface area contributed by atoms with E-state index in [9.17, 15) is 14.9 Å². The van der Waals surface area contributed by atoms with Crippen LogP contribution in [-0.4, -0.2) is 22.1 Å². The molecule has 6 heteroatoms. The van der Waals surface area contributed by atoms with Crippen LogP contribution in [0.2, 0.25) is 0 Å². The standard InChI is InChI=1S/C12H15NO5/c1-3-8(4-2)18-11-9(12(14)15)6-5-7-10(11)13(16)17/h5-8H,3-4H2,1-2H3,(H,14,15). The molecule has 0 unspecified atom stereocenters. The van der Waals surface area contributed by atoms with Gasteiger partial charge in [-0.1, -0.05) is 19.9 Å². The average Bonchev–Trinajstić information content (AvgIpc) is 2.35. The first kappa shape index (κ1) is 14.0. The molecule has 0 saturated heterocycles. The summed E-state index contributed by atoms with van der Waals surface area (Å²) in [6, 6.07) is 3.87. The summed E-state index contributed by atoms with van der Waals surface area (Å²) in [6.45, 7) is 3.76. The number of rotatable bonds is 6. The molecule has 18 heavy (non-hydrogen) atoms. The zero-order valence-corrected chi connectivity index (χ0v) is 10.3. The fourth-order valence-electron chi connectivity index (χ4n) is 1.58. The predicted molar refractivity (Wildman–Crippen MR) is 65.1 cm³/mol. The van der Waals surface area contributed by atoms with Crippen LogP contribution in [0.4, 0.5) is 5.69 Å². The van der Waals surface area contributed by atoms with Gasteiger partial charge in [0, 0.05) is 6.07 Å². The number of nitro groups is 1. The number of para-hydroxylation sites is 1. The number of aromatic carboxylic acids is 1. The lowest BCUT2D eigenvalue weighted by atomic mass is 10.1. The molecule has 0 aliphatic heterocycles. The van der Waals surface area contributed by atoms with Gasteiger partial charge in [-0.05, 0) is 18.9 Å². The van der Waals surface area contributed by atoms with Crippen LogP contribution in [0.3, 0.4) is 0 Å². The first-order valence-corrected chi connectivity index (χ1v) is 5.68. The zero-order chi connectivity index (χ0) is 13.7. The Morgan fingerprint density at radius 1 is 1.44 bits per heavy atom. The molecular weight excluding hydrogens is 238 g/mol. The quantitative estimate of drug-likeness (QED) is 0.621. The molecule has 1 rings (SSSR count). The lowest BCUT2D eigenvalue weighted by Gasteiger charge is -2.16. The average molecular weight is 253 g/mol. The van der Waals surface area contributed by atoms with Crippen LogP contribution in [0, 0.1) is 10.1 Å². The second-order valence-electron chi connectivity index (χ2n) is 3.77. The third-order valence-corrected chi connectivity index (χ3v) is 2.62. The topological polar surface area (TPSA) is 89.7 Å². The number of ether oxygens (including phenoxy) is 1. The highest BCUT2D eigenvalue weighted by molar-refractivity contribution is 5.92. The monoisotopic (exact) mass is 253 g/mol. The van der Waals surface area contributed by atoms with Crippen LogP contribution in [-0.2, 0) is 0 Å². The molecule has 0 amide bonds. The van der Waals surface area contributed by atoms with Crippen molar-refractivity contribution in [2.75, 3.05) is 0 Å². The molecule has 0 spiro atoms. The van der Waals surface area contributed by atoms with E-state index in [0.29, 0.717) is 12.8 Å². The molecule has 0 aliphatic rings. The summed E-state index contributed by atoms with van der Waals surface area (Å²) in [7, 11) is 0. The van der Waals surface area contributed by atoms with Crippen molar-refractivity contribution in [2.45, 2.75) is 32.8 Å². The highest BCUT2D eigenvalue weighted by Gasteiger charge is 2.24. The number of carboxylic acid groups (broad SMARTS) is 1. The lowest BCUT2D eigenvalue weighted by Crippen LogP contribution is -2.17. The number of nitrogens with zero attached hydrogens (tertiary/aromatic N) is 1. The SMILES string of the molecule is CCC(CC)Oc1c(C(=O)O)cccc1[N+](=O)[O-]. The Bertz CT molecular complexity index is 422. The van der Waals surface area contributed by atoms with Crippen molar-refractivity contribution in [1.82, 2.24) is 0 Å². The molecule has 0 saturated carbocycles. The van der Waals surface area contributed by atoms with Crippen LogP contribution < -0.4 is 4.74 Å². The van der Waals surface area contributed by atoms with Gasteiger partial charge in [-0.3, -0.25) is 10.1 Å². The minimum Gasteiger partial charge on any atom is -0.483 e. The van der Waals surface area contributed by atoms with Crippen molar-refractivity contribution >= 4 is 11.7 Å². The smallest absolute Gasteiger partial charge is 0.339 e. The second kappa shape index (κ2) is 6.00. The number of benzene rings is 1. The van der Waals surface area contributed by atoms with Crippen molar-refractivity contribution in [3.05, 3.63) is 33.9 Å². The van der Waals surface area contributed by atoms with Crippen molar-refractivity contribution in [1.29, 1.82) is 0 Å². The van der Waals surface area contributed by atoms with E-state index in [4.69, 9.17) is 9.84 Å². The Kier molecular flexibility index (Phi) is 4.65. The Labute approximate surface area is 104 Å². The van der Waals surface area contributed by atoms with E-state index in [-0.39, 0.29) is 23.1 Å². The minimum atomic E-state index is -1.24. The summed E-state index contributed by atoms with van der Waals surface area (Å²) in [6.07, 6.45) is 1.08. The number of carboxylic acids is 1. The van der Waals surface area contributed by atoms with Crippen LogP contribution >= 0.6 is 0 Å². The van der Waals surface area contributed by atoms with E-state index in [1.54, 1.807) is 0 Å². The molecule has 1 aromatic carbocycles. The van der Waals surface area contributed by atoms with Gasteiger partial charge in [-0.15, -0.1) is 0 Å². The van der Waals surface area contributed by atoms with Gasteiger partial charge >= 0.3 is 11.7 Å². The Balaban J connectivity index is 3.26. The minimum absolute atomic E-state index is 0.163. The van der Waals surface area contributed by atoms with Crippen LogP contribution in [0.1, 0.15) is 37.0 Å². The van der Waals surface area contributed by atoms with E-state index < -0.39 is 10.9 Å². The highest BCUT2D eigenvalue weighted by Crippen LogP contribution is 2.32. The summed E-state index contributed by atoms with van der Waals surface area (Å²) < 4.78 is 5.48. The van der Waals surface area contributed by atoms with Crippen molar-refractivity contribution in [3.8, 4) is 5.75 Å². The molecule has 0 aliphatic carbocycles. The third-order valence-electron chi connectivity index (χ3n) is 2.62. The molecule has 0 heterocycles. The van der Waals surface area contributed by atoms with Gasteiger partial charge in [0.05, 0.1) is 11.0 Å². The number of carbonyl (C=O) groups is 1. The maximum Gasteiger partial charge on any atom is 0.339 e. The molecule has 1 N–H and O–H groups in total. The van der Waals surface area contributed by atoms with Gasteiger partial charge in [-0.25, -0.2) is 4.79 Å². The lowest BCUT2D eigenvalue weighted by molar-refractivity contribution is -0.386. The third kappa shape index (κ3) is 2.97. The predicted octanol–water partition coefficient (Wildman–Crippen LogP) is 2.86. The summed E-state index contributed by atoms with van der Waals surface area (Å²) in [5, 5.41) is 19.9. The first-order chi connectivity index (χ1) is 8.51. The van der Waals surface area contributed by atoms with Crippen molar-refractivity contribution in [3.63, 3.8) is 0 Å². The van der Waals surface area contributed by atoms with Crippen molar-refractivity contribution in [2.24, 2.45) is 0 Å². The molecule has 0 bridgehead atoms. The zero-order valence-electron chi connectivity index (χ0n) is 10.3. The molecule has 98 valence electrons. The maximum absolute atomic E-state index is 11.1. The van der Waals surface area contributed by atoms with Gasteiger partial charge in [0.25, 0.3) is 0 Å². The molecule has 0 radical (unpaired) electrons. The fraction of sp³-hybridized carbons (Fsp3) is 0.417. The normalized spacial score (nSPS) is 10.4. The Morgan fingerprint density at radius 3 is 2.50 bits per heavy atom. The van der Waals surface area contributed by atoms with Crippen molar-refractivity contribution < 1.29 is 19.6 Å². The van der Waals surface area contributed by atoms with Crippen LogP contribution in [0.15, 0.2) is 18.2 Å². The maximum atomic E-state index is 11.1. The van der Waals surface area contributed by atoms with Gasteiger partial charge < -0.3 is 9.84 Å². The number of nitro benzene ring substituents is 1. The summed E-state index contributed by atoms with van der Waals surface area (Å²) >= 11 is 0. The second-order valence-corrected chi connectivity index (χ2v) is 3.77. The molecule has 1 aromatic rings. The summed E-state index contributed by atoms with van der Waals surface area (Å²) in [4.78, 5) is 21.3. The fourth-order valence-corrected chi connectivity index (χ4v) is 1.58. The summed E-state index contributed by atoms with van der Waals surface area (Å²) in [5.41, 5.74) is -0.502. The van der Waals surface area contributed by atoms with Crippen LogP contribution in [0.5, 0.6) is 5.75 Å². The number of hydrogen-bond acceptors (Lipinski definition) is 4. The van der Waals surface area contributed by atoms with Gasteiger partial charge in [-0.2, -0.15) is 0 Å². The first-order valence-electron chi connectivity index (χ1n) is 5.68. The van der Waals surface area contributed by atoms with E-state index in [2.05, 4.69) is 0 Å². The Hall–Kier alpha value is -2.11. The van der Waals surface area contributed by atoms with E-state index in [1.165, 1.54) is 18.2 Å². The molecular formula is C12H15NO5. The van der Waals surface area contributed by atoms with Gasteiger partial charge in [0.1, 0.15) is 5.56 Å². The van der Waals surface area contributed by atoms with E-state index >= 15 is 0 Å². The van der Waals surface area contributed by atoms with Gasteiger partial charge in [0.2, 0.25) is 5.75 Å². The van der Waals surface area contributed by atoms with Gasteiger partial charge in [0.15, 0.2) is 0 Å². The molecule has 0 aromatic heterocycles.